The van der Waals surface area contributed by atoms with Crippen molar-refractivity contribution in [3.05, 3.63) is 76.6 Å². The van der Waals surface area contributed by atoms with Gasteiger partial charge in [-0.3, -0.25) is 9.78 Å². The summed E-state index contributed by atoms with van der Waals surface area (Å²) in [7, 11) is 0. The molecule has 0 saturated carbocycles. The highest BCUT2D eigenvalue weighted by molar-refractivity contribution is 6.31. The van der Waals surface area contributed by atoms with Gasteiger partial charge < -0.3 is 31.6 Å². The average Bonchev–Trinajstić information content (AvgIpc) is 2.79. The van der Waals surface area contributed by atoms with Gasteiger partial charge in [0.25, 0.3) is 5.91 Å². The van der Waals surface area contributed by atoms with Crippen molar-refractivity contribution < 1.29 is 19.1 Å². The molecule has 0 saturated heterocycles. The summed E-state index contributed by atoms with van der Waals surface area (Å²) < 4.78 is 11.4. The van der Waals surface area contributed by atoms with Crippen molar-refractivity contribution in [2.24, 2.45) is 11.5 Å². The van der Waals surface area contributed by atoms with E-state index < -0.39 is 11.9 Å². The number of aryl methyl sites for hydroxylation is 1. The molecule has 0 aliphatic carbocycles. The molecule has 172 valence electrons. The summed E-state index contributed by atoms with van der Waals surface area (Å²) in [5.41, 5.74) is 12.9. The number of anilines is 1. The van der Waals surface area contributed by atoms with Crippen LogP contribution in [0.15, 0.2) is 54.7 Å². The Morgan fingerprint density at radius 2 is 1.91 bits per heavy atom. The van der Waals surface area contributed by atoms with Crippen molar-refractivity contribution in [3.63, 3.8) is 0 Å². The van der Waals surface area contributed by atoms with E-state index in [1.165, 1.54) is 12.3 Å². The van der Waals surface area contributed by atoms with E-state index in [4.69, 9.17) is 32.5 Å². The number of nitrogens with two attached hydrogens (primary N) is 2. The lowest BCUT2D eigenvalue weighted by atomic mass is 10.2. The Hall–Kier alpha value is -3.82. The van der Waals surface area contributed by atoms with Crippen LogP contribution in [0.25, 0.3) is 0 Å². The molecule has 0 radical (unpaired) electrons. The second-order valence-electron chi connectivity index (χ2n) is 7.03. The van der Waals surface area contributed by atoms with E-state index in [1.807, 2.05) is 13.0 Å². The molecule has 3 aromatic rings. The van der Waals surface area contributed by atoms with E-state index in [0.717, 1.165) is 11.1 Å². The third-order valence-electron chi connectivity index (χ3n) is 4.46. The Morgan fingerprint density at radius 3 is 2.67 bits per heavy atom. The lowest BCUT2D eigenvalue weighted by molar-refractivity contribution is 0.0995. The number of hydrogen-bond donors (Lipinski definition) is 4. The number of primary amides is 1. The van der Waals surface area contributed by atoms with E-state index in [2.05, 4.69) is 15.6 Å². The first-order chi connectivity index (χ1) is 15.9. The number of nitrogens with one attached hydrogen (secondary N) is 2. The van der Waals surface area contributed by atoms with Crippen molar-refractivity contribution in [3.8, 4) is 17.2 Å². The fourth-order valence-corrected chi connectivity index (χ4v) is 3.02. The number of hydrogen-bond acceptors (Lipinski definition) is 6. The number of aromatic nitrogens is 1. The first-order valence-corrected chi connectivity index (χ1v) is 10.4. The molecular formula is C23H24ClN5O4. The maximum atomic E-state index is 12.5. The van der Waals surface area contributed by atoms with Crippen LogP contribution < -0.4 is 31.6 Å². The molecule has 3 rings (SSSR count). The Labute approximate surface area is 196 Å². The Kier molecular flexibility index (Phi) is 8.06. The van der Waals surface area contributed by atoms with E-state index in [9.17, 15) is 9.59 Å². The number of urea groups is 1. The van der Waals surface area contributed by atoms with Crippen molar-refractivity contribution >= 4 is 29.2 Å². The van der Waals surface area contributed by atoms with Crippen LogP contribution in [0.5, 0.6) is 17.2 Å². The first kappa shape index (κ1) is 23.8. The summed E-state index contributed by atoms with van der Waals surface area (Å²) >= 11 is 6.16. The first-order valence-electron chi connectivity index (χ1n) is 10.1. The monoisotopic (exact) mass is 469 g/mol. The topological polar surface area (TPSA) is 142 Å². The molecule has 0 unspecified atom stereocenters. The largest absolute Gasteiger partial charge is 0.490 e. The smallest absolute Gasteiger partial charge is 0.319 e. The van der Waals surface area contributed by atoms with Crippen LogP contribution in [0.1, 0.15) is 21.6 Å². The summed E-state index contributed by atoms with van der Waals surface area (Å²) in [6.45, 7) is 2.70. The quantitative estimate of drug-likeness (QED) is 0.377. The predicted octanol–water partition coefficient (Wildman–Crippen LogP) is 3.59. The molecule has 33 heavy (non-hydrogen) atoms. The summed E-state index contributed by atoms with van der Waals surface area (Å²) in [5.74, 6) is 0.748. The van der Waals surface area contributed by atoms with E-state index in [1.54, 1.807) is 36.4 Å². The van der Waals surface area contributed by atoms with Gasteiger partial charge in [-0.2, -0.15) is 0 Å². The van der Waals surface area contributed by atoms with Gasteiger partial charge in [-0.1, -0.05) is 23.7 Å². The molecular weight excluding hydrogens is 446 g/mol. The van der Waals surface area contributed by atoms with Crippen molar-refractivity contribution in [1.29, 1.82) is 0 Å². The van der Waals surface area contributed by atoms with E-state index in [-0.39, 0.29) is 12.2 Å². The normalized spacial score (nSPS) is 10.4. The number of amides is 3. The van der Waals surface area contributed by atoms with Gasteiger partial charge in [-0.05, 0) is 42.3 Å². The molecule has 2 aromatic carbocycles. The molecule has 6 N–H and O–H groups in total. The second-order valence-corrected chi connectivity index (χ2v) is 7.44. The van der Waals surface area contributed by atoms with Crippen LogP contribution >= 0.6 is 11.6 Å². The molecule has 10 heteroatoms. The van der Waals surface area contributed by atoms with Crippen LogP contribution in [0.2, 0.25) is 5.02 Å². The van der Waals surface area contributed by atoms with Gasteiger partial charge in [0.15, 0.2) is 0 Å². The number of pyridine rings is 1. The minimum Gasteiger partial charge on any atom is -0.490 e. The van der Waals surface area contributed by atoms with Gasteiger partial charge in [-0.25, -0.2) is 4.79 Å². The fraction of sp³-hybridized carbons (Fsp3) is 0.174. The van der Waals surface area contributed by atoms with Crippen LogP contribution in [-0.4, -0.2) is 30.1 Å². The molecule has 0 aliphatic heterocycles. The summed E-state index contributed by atoms with van der Waals surface area (Å²) in [6.07, 6.45) is 1.44. The number of benzene rings is 2. The third kappa shape index (κ3) is 6.83. The van der Waals surface area contributed by atoms with Crippen LogP contribution in [0.4, 0.5) is 10.5 Å². The number of ether oxygens (including phenoxy) is 2. The maximum Gasteiger partial charge on any atom is 0.319 e. The lowest BCUT2D eigenvalue weighted by Gasteiger charge is -2.15. The zero-order chi connectivity index (χ0) is 23.8. The molecule has 1 heterocycles. The molecule has 0 aliphatic rings. The van der Waals surface area contributed by atoms with Gasteiger partial charge in [0.05, 0.1) is 5.69 Å². The molecule has 0 atom stereocenters. The zero-order valence-electron chi connectivity index (χ0n) is 17.9. The van der Waals surface area contributed by atoms with Crippen LogP contribution in [0.3, 0.4) is 0 Å². The summed E-state index contributed by atoms with van der Waals surface area (Å²) in [4.78, 5) is 27.6. The minimum atomic E-state index is -0.642. The standard InChI is InChI=1S/C23H24ClN5O4/c1-14-9-19(21(12-18(14)24)32-8-6-25)29-23(31)28-13-15-3-2-4-16(10-15)33-17-5-7-27-20(11-17)22(26)30/h2-5,7,9-12H,6,8,13,25H2,1H3,(H2,26,30)(H2,28,29,31). The number of nitrogens with zero attached hydrogens (tertiary/aromatic N) is 1. The predicted molar refractivity (Wildman–Crippen MR) is 126 cm³/mol. The van der Waals surface area contributed by atoms with Gasteiger partial charge >= 0.3 is 6.03 Å². The minimum absolute atomic E-state index is 0.106. The van der Waals surface area contributed by atoms with Gasteiger partial charge in [0.2, 0.25) is 0 Å². The van der Waals surface area contributed by atoms with E-state index >= 15 is 0 Å². The van der Waals surface area contributed by atoms with Gasteiger partial charge in [0.1, 0.15) is 29.5 Å². The molecule has 0 bridgehead atoms. The van der Waals surface area contributed by atoms with Crippen LogP contribution in [-0.2, 0) is 6.54 Å². The highest BCUT2D eigenvalue weighted by Crippen LogP contribution is 2.31. The fourth-order valence-electron chi connectivity index (χ4n) is 2.86. The Balaban J connectivity index is 1.63. The van der Waals surface area contributed by atoms with Crippen molar-refractivity contribution in [2.75, 3.05) is 18.5 Å². The van der Waals surface area contributed by atoms with E-state index in [0.29, 0.717) is 41.1 Å². The molecule has 0 fully saturated rings. The molecule has 3 amide bonds. The number of carbonyl (C=O) groups excluding carboxylic acids is 2. The summed E-state index contributed by atoms with van der Waals surface area (Å²) in [6, 6.07) is 13.2. The lowest BCUT2D eigenvalue weighted by Crippen LogP contribution is -2.28. The van der Waals surface area contributed by atoms with Gasteiger partial charge in [0, 0.05) is 36.4 Å². The maximum absolute atomic E-state index is 12.5. The highest BCUT2D eigenvalue weighted by atomic mass is 35.5. The second kappa shape index (κ2) is 11.2. The Bertz CT molecular complexity index is 1160. The highest BCUT2D eigenvalue weighted by Gasteiger charge is 2.11. The SMILES string of the molecule is Cc1cc(NC(=O)NCc2cccc(Oc3ccnc(C(N)=O)c3)c2)c(OCCN)cc1Cl. The number of halogens is 1. The zero-order valence-corrected chi connectivity index (χ0v) is 18.7. The summed E-state index contributed by atoms with van der Waals surface area (Å²) in [5, 5.41) is 6.09. The van der Waals surface area contributed by atoms with Crippen LogP contribution in [0, 0.1) is 6.92 Å². The number of carbonyl (C=O) groups is 2. The molecule has 9 nitrogen and oxygen atoms in total. The molecule has 1 aromatic heterocycles. The average molecular weight is 470 g/mol. The van der Waals surface area contributed by atoms with Crippen molar-refractivity contribution in [1.82, 2.24) is 10.3 Å². The van der Waals surface area contributed by atoms with Gasteiger partial charge in [-0.15, -0.1) is 0 Å². The number of rotatable bonds is 9. The Morgan fingerprint density at radius 1 is 1.12 bits per heavy atom. The van der Waals surface area contributed by atoms with Crippen molar-refractivity contribution in [2.45, 2.75) is 13.5 Å². The third-order valence-corrected chi connectivity index (χ3v) is 4.86. The molecule has 0 spiro atoms.